The van der Waals surface area contributed by atoms with Crippen molar-refractivity contribution in [2.45, 2.75) is 6.92 Å². The van der Waals surface area contributed by atoms with Gasteiger partial charge >= 0.3 is 5.97 Å². The van der Waals surface area contributed by atoms with Crippen LogP contribution >= 0.6 is 0 Å². The molecule has 1 aromatic carbocycles. The van der Waals surface area contributed by atoms with Gasteiger partial charge < -0.3 is 14.3 Å². The molecule has 0 atom stereocenters. The first-order valence-corrected chi connectivity index (χ1v) is 6.39. The van der Waals surface area contributed by atoms with Crippen molar-refractivity contribution in [2.75, 3.05) is 6.61 Å². The number of amides is 1. The van der Waals surface area contributed by atoms with Gasteiger partial charge in [0, 0.05) is 5.56 Å². The average Bonchev–Trinajstić information content (AvgIpc) is 2.92. The van der Waals surface area contributed by atoms with Crippen LogP contribution in [0.2, 0.25) is 0 Å². The van der Waals surface area contributed by atoms with Gasteiger partial charge in [-0.25, -0.2) is 10.2 Å². The average molecular weight is 302 g/mol. The summed E-state index contributed by atoms with van der Waals surface area (Å²) in [6.07, 6.45) is 2.80. The largest absolute Gasteiger partial charge is 0.481 e. The quantitative estimate of drug-likeness (QED) is 0.626. The van der Waals surface area contributed by atoms with Crippen LogP contribution in [-0.4, -0.2) is 29.8 Å². The van der Waals surface area contributed by atoms with Gasteiger partial charge in [-0.15, -0.1) is 0 Å². The molecule has 0 saturated heterocycles. The summed E-state index contributed by atoms with van der Waals surface area (Å²) < 4.78 is 10.2. The van der Waals surface area contributed by atoms with E-state index in [1.807, 2.05) is 0 Å². The molecule has 0 aliphatic carbocycles. The van der Waals surface area contributed by atoms with E-state index in [-0.39, 0.29) is 0 Å². The Hall–Kier alpha value is -3.09. The van der Waals surface area contributed by atoms with Crippen LogP contribution in [0.1, 0.15) is 21.7 Å². The summed E-state index contributed by atoms with van der Waals surface area (Å²) in [5.41, 5.74) is 3.31. The fraction of sp³-hybridized carbons (Fsp3) is 0.133. The van der Waals surface area contributed by atoms with E-state index in [1.165, 1.54) is 12.5 Å². The number of aliphatic carboxylic acids is 1. The van der Waals surface area contributed by atoms with Gasteiger partial charge in [0.25, 0.3) is 5.91 Å². The van der Waals surface area contributed by atoms with Gasteiger partial charge in [-0.1, -0.05) is 12.1 Å². The maximum atomic E-state index is 11.8. The van der Waals surface area contributed by atoms with Gasteiger partial charge in [0.2, 0.25) is 0 Å². The summed E-state index contributed by atoms with van der Waals surface area (Å²) in [5.74, 6) is -0.609. The van der Waals surface area contributed by atoms with E-state index in [0.29, 0.717) is 22.6 Å². The van der Waals surface area contributed by atoms with Crippen molar-refractivity contribution in [1.82, 2.24) is 5.43 Å². The molecule has 1 heterocycles. The number of nitrogens with one attached hydrogen (secondary N) is 1. The van der Waals surface area contributed by atoms with E-state index in [4.69, 9.17) is 14.3 Å². The van der Waals surface area contributed by atoms with E-state index in [1.54, 1.807) is 37.3 Å². The number of hydrogen-bond donors (Lipinski definition) is 2. The first kappa shape index (κ1) is 15.3. The normalized spacial score (nSPS) is 10.6. The zero-order chi connectivity index (χ0) is 15.9. The zero-order valence-electron chi connectivity index (χ0n) is 11.8. The van der Waals surface area contributed by atoms with Gasteiger partial charge in [0.15, 0.2) is 6.61 Å². The lowest BCUT2D eigenvalue weighted by Crippen LogP contribution is -2.18. The molecule has 0 bridgehead atoms. The summed E-state index contributed by atoms with van der Waals surface area (Å²) in [6.45, 7) is 1.22. The van der Waals surface area contributed by atoms with Crippen molar-refractivity contribution in [3.8, 4) is 5.75 Å². The number of nitrogens with zero attached hydrogens (tertiary/aromatic N) is 1. The van der Waals surface area contributed by atoms with Crippen molar-refractivity contribution in [3.05, 3.63) is 53.5 Å². The highest BCUT2D eigenvalue weighted by atomic mass is 16.5. The monoisotopic (exact) mass is 302 g/mol. The third kappa shape index (κ3) is 3.95. The number of para-hydroxylation sites is 1. The number of aryl methyl sites for hydroxylation is 1. The topological polar surface area (TPSA) is 101 Å². The minimum Gasteiger partial charge on any atom is -0.481 e. The molecule has 0 radical (unpaired) electrons. The number of carboxylic acid groups (broad SMARTS) is 1. The second-order valence-electron chi connectivity index (χ2n) is 4.31. The molecule has 1 amide bonds. The van der Waals surface area contributed by atoms with Crippen LogP contribution in [0, 0.1) is 6.92 Å². The molecule has 114 valence electrons. The summed E-state index contributed by atoms with van der Waals surface area (Å²) in [5, 5.41) is 12.5. The maximum absolute atomic E-state index is 11.8. The smallest absolute Gasteiger partial charge is 0.341 e. The minimum atomic E-state index is -1.07. The standard InChI is InChI=1S/C15H14N2O5/c1-10-12(6-7-21-10)15(20)17-16-8-11-4-2-3-5-13(11)22-9-14(18)19/h2-8H,9H2,1H3,(H,17,20)(H,18,19)/b16-8+. The Morgan fingerprint density at radius 3 is 2.82 bits per heavy atom. The molecule has 0 unspecified atom stereocenters. The fourth-order valence-electron chi connectivity index (χ4n) is 1.70. The van der Waals surface area contributed by atoms with Crippen LogP contribution < -0.4 is 10.2 Å². The second kappa shape index (κ2) is 7.07. The molecule has 2 aromatic rings. The zero-order valence-corrected chi connectivity index (χ0v) is 11.8. The molecule has 0 aliphatic heterocycles. The molecule has 2 N–H and O–H groups in total. The minimum absolute atomic E-state index is 0.363. The third-order valence-corrected chi connectivity index (χ3v) is 2.74. The maximum Gasteiger partial charge on any atom is 0.341 e. The lowest BCUT2D eigenvalue weighted by atomic mass is 10.2. The number of carboxylic acids is 1. The first-order chi connectivity index (χ1) is 10.6. The van der Waals surface area contributed by atoms with Gasteiger partial charge in [-0.05, 0) is 25.1 Å². The van der Waals surface area contributed by atoms with Crippen molar-refractivity contribution >= 4 is 18.1 Å². The number of benzene rings is 1. The first-order valence-electron chi connectivity index (χ1n) is 6.39. The van der Waals surface area contributed by atoms with E-state index < -0.39 is 18.5 Å². The third-order valence-electron chi connectivity index (χ3n) is 2.74. The van der Waals surface area contributed by atoms with E-state index in [9.17, 15) is 9.59 Å². The lowest BCUT2D eigenvalue weighted by Gasteiger charge is -2.06. The Balaban J connectivity index is 2.02. The van der Waals surface area contributed by atoms with Crippen LogP contribution in [0.5, 0.6) is 5.75 Å². The Morgan fingerprint density at radius 2 is 2.14 bits per heavy atom. The van der Waals surface area contributed by atoms with E-state index in [0.717, 1.165) is 0 Å². The number of ether oxygens (including phenoxy) is 1. The number of hydrogen-bond acceptors (Lipinski definition) is 5. The van der Waals surface area contributed by atoms with Gasteiger partial charge in [-0.3, -0.25) is 4.79 Å². The number of hydrazone groups is 1. The Bertz CT molecular complexity index is 705. The van der Waals surface area contributed by atoms with Crippen molar-refractivity contribution in [3.63, 3.8) is 0 Å². The SMILES string of the molecule is Cc1occc1C(=O)N/N=C/c1ccccc1OCC(=O)O. The molecular weight excluding hydrogens is 288 g/mol. The summed E-state index contributed by atoms with van der Waals surface area (Å²) >= 11 is 0. The number of rotatable bonds is 6. The molecule has 0 saturated carbocycles. The van der Waals surface area contributed by atoms with Gasteiger partial charge in [0.1, 0.15) is 11.5 Å². The Kier molecular flexibility index (Phi) is 4.92. The highest BCUT2D eigenvalue weighted by Crippen LogP contribution is 2.15. The van der Waals surface area contributed by atoms with Crippen LogP contribution in [0.4, 0.5) is 0 Å². The van der Waals surface area contributed by atoms with Gasteiger partial charge in [-0.2, -0.15) is 5.10 Å². The molecule has 7 heteroatoms. The molecule has 0 aliphatic rings. The number of carbonyl (C=O) groups is 2. The summed E-state index contributed by atoms with van der Waals surface area (Å²) in [6, 6.07) is 8.31. The van der Waals surface area contributed by atoms with Gasteiger partial charge in [0.05, 0.1) is 18.0 Å². The summed E-state index contributed by atoms with van der Waals surface area (Å²) in [4.78, 5) is 22.3. The van der Waals surface area contributed by atoms with Crippen LogP contribution in [0.3, 0.4) is 0 Å². The molecule has 7 nitrogen and oxygen atoms in total. The van der Waals surface area contributed by atoms with Crippen LogP contribution in [-0.2, 0) is 4.79 Å². The molecule has 1 aromatic heterocycles. The van der Waals surface area contributed by atoms with E-state index >= 15 is 0 Å². The van der Waals surface area contributed by atoms with Crippen molar-refractivity contribution < 1.29 is 23.8 Å². The molecule has 22 heavy (non-hydrogen) atoms. The molecule has 0 fully saturated rings. The predicted molar refractivity (Wildman–Crippen MR) is 78.1 cm³/mol. The van der Waals surface area contributed by atoms with Crippen molar-refractivity contribution in [2.24, 2.45) is 5.10 Å². The second-order valence-corrected chi connectivity index (χ2v) is 4.31. The lowest BCUT2D eigenvalue weighted by molar-refractivity contribution is -0.139. The van der Waals surface area contributed by atoms with Crippen LogP contribution in [0.25, 0.3) is 0 Å². The van der Waals surface area contributed by atoms with Crippen molar-refractivity contribution in [1.29, 1.82) is 0 Å². The summed E-state index contributed by atoms with van der Waals surface area (Å²) in [7, 11) is 0. The predicted octanol–water partition coefficient (Wildman–Crippen LogP) is 1.82. The molecule has 2 rings (SSSR count). The fourth-order valence-corrected chi connectivity index (χ4v) is 1.70. The highest BCUT2D eigenvalue weighted by molar-refractivity contribution is 5.95. The Labute approximate surface area is 126 Å². The number of carbonyl (C=O) groups excluding carboxylic acids is 1. The molecule has 0 spiro atoms. The van der Waals surface area contributed by atoms with Crippen LogP contribution in [0.15, 0.2) is 46.1 Å². The Morgan fingerprint density at radius 1 is 1.36 bits per heavy atom. The number of furan rings is 1. The molecular formula is C15H14N2O5. The highest BCUT2D eigenvalue weighted by Gasteiger charge is 2.10. The van der Waals surface area contributed by atoms with E-state index in [2.05, 4.69) is 10.5 Å².